The summed E-state index contributed by atoms with van der Waals surface area (Å²) in [6, 6.07) is 6.68. The van der Waals surface area contributed by atoms with E-state index in [1.54, 1.807) is 38.1 Å². The van der Waals surface area contributed by atoms with Crippen molar-refractivity contribution in [2.45, 2.75) is 54.2 Å². The molecule has 0 saturated carbocycles. The molecule has 0 aliphatic heterocycles. The predicted octanol–water partition coefficient (Wildman–Crippen LogP) is 3.63. The minimum atomic E-state index is -1.12. The van der Waals surface area contributed by atoms with Gasteiger partial charge in [-0.15, -0.1) is 0 Å². The highest BCUT2D eigenvalue weighted by Crippen LogP contribution is 2.21. The summed E-state index contributed by atoms with van der Waals surface area (Å²) < 4.78 is 6.71. The molecule has 3 rings (SSSR count). The molecular weight excluding hydrogens is 410 g/mol. The van der Waals surface area contributed by atoms with Crippen molar-refractivity contribution in [2.75, 3.05) is 0 Å². The normalized spacial score (nSPS) is 12.2. The number of rotatable bonds is 7. The van der Waals surface area contributed by atoms with Gasteiger partial charge in [-0.2, -0.15) is 5.10 Å². The molecule has 0 aliphatic rings. The highest BCUT2D eigenvalue weighted by Gasteiger charge is 2.28. The van der Waals surface area contributed by atoms with E-state index in [0.717, 1.165) is 0 Å². The Morgan fingerprint density at radius 3 is 2.28 bits per heavy atom. The SMILES string of the molecule is CC(=O)c1c(C)[nH]c(C(=O)C(C)OC(=O)c2nn(CC(C)C)c(=O)c3ccccc23)c1C. The van der Waals surface area contributed by atoms with Crippen molar-refractivity contribution < 1.29 is 19.1 Å². The molecule has 0 amide bonds. The van der Waals surface area contributed by atoms with E-state index in [0.29, 0.717) is 34.1 Å². The van der Waals surface area contributed by atoms with E-state index < -0.39 is 17.9 Å². The van der Waals surface area contributed by atoms with Gasteiger partial charge in [-0.1, -0.05) is 32.0 Å². The number of carbonyl (C=O) groups excluding carboxylic acids is 3. The van der Waals surface area contributed by atoms with Crippen molar-refractivity contribution >= 4 is 28.3 Å². The van der Waals surface area contributed by atoms with Crippen LogP contribution in [0, 0.1) is 19.8 Å². The van der Waals surface area contributed by atoms with Gasteiger partial charge in [-0.3, -0.25) is 14.4 Å². The summed E-state index contributed by atoms with van der Waals surface area (Å²) in [4.78, 5) is 53.5. The average Bonchev–Trinajstić information content (AvgIpc) is 3.03. The number of aromatic nitrogens is 3. The number of aryl methyl sites for hydroxylation is 1. The predicted molar refractivity (Wildman–Crippen MR) is 120 cm³/mol. The summed E-state index contributed by atoms with van der Waals surface area (Å²) in [5.41, 5.74) is 1.49. The summed E-state index contributed by atoms with van der Waals surface area (Å²) in [5, 5.41) is 4.98. The first-order valence-corrected chi connectivity index (χ1v) is 10.5. The van der Waals surface area contributed by atoms with Gasteiger partial charge in [-0.25, -0.2) is 9.48 Å². The molecule has 0 bridgehead atoms. The Balaban J connectivity index is 1.96. The van der Waals surface area contributed by atoms with Crippen LogP contribution in [0.25, 0.3) is 10.8 Å². The van der Waals surface area contributed by atoms with Crippen LogP contribution in [0.2, 0.25) is 0 Å². The molecule has 0 saturated heterocycles. The van der Waals surface area contributed by atoms with Gasteiger partial charge in [0.1, 0.15) is 0 Å². The number of Topliss-reactive ketones (excluding diaryl/α,β-unsaturated/α-hetero) is 2. The molecule has 2 aromatic heterocycles. The Labute approximate surface area is 185 Å². The third-order valence-corrected chi connectivity index (χ3v) is 5.29. The van der Waals surface area contributed by atoms with E-state index >= 15 is 0 Å². The lowest BCUT2D eigenvalue weighted by Gasteiger charge is -2.15. The smallest absolute Gasteiger partial charge is 0.360 e. The maximum atomic E-state index is 13.0. The lowest BCUT2D eigenvalue weighted by molar-refractivity contribution is 0.0310. The maximum Gasteiger partial charge on any atom is 0.360 e. The first kappa shape index (κ1) is 23.1. The van der Waals surface area contributed by atoms with Gasteiger partial charge in [0.2, 0.25) is 5.78 Å². The molecule has 0 aliphatic carbocycles. The van der Waals surface area contributed by atoms with Crippen molar-refractivity contribution in [1.29, 1.82) is 0 Å². The molecule has 0 spiro atoms. The topological polar surface area (TPSA) is 111 Å². The van der Waals surface area contributed by atoms with Crippen LogP contribution in [0.15, 0.2) is 29.1 Å². The molecule has 1 aromatic carbocycles. The highest BCUT2D eigenvalue weighted by molar-refractivity contribution is 6.07. The zero-order valence-corrected chi connectivity index (χ0v) is 19.1. The second-order valence-corrected chi connectivity index (χ2v) is 8.37. The molecule has 1 N–H and O–H groups in total. The fraction of sp³-hybridized carbons (Fsp3) is 0.375. The molecule has 1 atom stereocenters. The Morgan fingerprint density at radius 1 is 1.09 bits per heavy atom. The molecular formula is C24H27N3O5. The van der Waals surface area contributed by atoms with Crippen LogP contribution in [0.1, 0.15) is 70.3 Å². The molecule has 8 nitrogen and oxygen atoms in total. The summed E-state index contributed by atoms with van der Waals surface area (Å²) in [7, 11) is 0. The minimum Gasteiger partial charge on any atom is -0.449 e. The molecule has 168 valence electrons. The summed E-state index contributed by atoms with van der Waals surface area (Å²) >= 11 is 0. The molecule has 3 aromatic rings. The number of esters is 1. The van der Waals surface area contributed by atoms with Gasteiger partial charge in [0.15, 0.2) is 17.6 Å². The molecule has 32 heavy (non-hydrogen) atoms. The van der Waals surface area contributed by atoms with Crippen LogP contribution < -0.4 is 5.56 Å². The van der Waals surface area contributed by atoms with Crippen molar-refractivity contribution in [3.8, 4) is 0 Å². The molecule has 2 heterocycles. The number of fused-ring (bicyclic) bond motifs is 1. The largest absolute Gasteiger partial charge is 0.449 e. The van der Waals surface area contributed by atoms with Crippen LogP contribution in [0.4, 0.5) is 0 Å². The van der Waals surface area contributed by atoms with E-state index in [1.165, 1.54) is 18.5 Å². The minimum absolute atomic E-state index is 0.0238. The van der Waals surface area contributed by atoms with Crippen molar-refractivity contribution in [1.82, 2.24) is 14.8 Å². The quantitative estimate of drug-likeness (QED) is 0.446. The zero-order valence-electron chi connectivity index (χ0n) is 19.1. The monoisotopic (exact) mass is 437 g/mol. The number of aromatic amines is 1. The second kappa shape index (κ2) is 8.90. The standard InChI is InChI=1S/C24H27N3O5/c1-12(2)11-27-23(30)18-10-8-7-9-17(18)21(26-27)24(31)32-16(6)22(29)20-13(3)19(15(5)28)14(4)25-20/h7-10,12,16,25H,11H2,1-6H3. The van der Waals surface area contributed by atoms with Crippen molar-refractivity contribution in [3.05, 3.63) is 62.8 Å². The summed E-state index contributed by atoms with van der Waals surface area (Å²) in [6.07, 6.45) is -1.12. The lowest BCUT2D eigenvalue weighted by Crippen LogP contribution is -2.30. The number of ketones is 2. The van der Waals surface area contributed by atoms with E-state index in [2.05, 4.69) is 10.1 Å². The van der Waals surface area contributed by atoms with E-state index in [4.69, 9.17) is 4.74 Å². The van der Waals surface area contributed by atoms with Crippen LogP contribution in [0.3, 0.4) is 0 Å². The molecule has 0 fully saturated rings. The molecule has 0 radical (unpaired) electrons. The van der Waals surface area contributed by atoms with Crippen LogP contribution >= 0.6 is 0 Å². The van der Waals surface area contributed by atoms with Gasteiger partial charge in [-0.05, 0) is 45.2 Å². The van der Waals surface area contributed by atoms with Gasteiger partial charge < -0.3 is 9.72 Å². The third kappa shape index (κ3) is 4.26. The number of benzene rings is 1. The average molecular weight is 437 g/mol. The van der Waals surface area contributed by atoms with Crippen molar-refractivity contribution in [3.63, 3.8) is 0 Å². The van der Waals surface area contributed by atoms with Crippen LogP contribution in [0.5, 0.6) is 0 Å². The number of nitrogens with one attached hydrogen (secondary N) is 1. The molecule has 1 unspecified atom stereocenters. The highest BCUT2D eigenvalue weighted by atomic mass is 16.5. The Hall–Kier alpha value is -3.55. The summed E-state index contributed by atoms with van der Waals surface area (Å²) in [6.45, 7) is 10.5. The van der Waals surface area contributed by atoms with E-state index in [-0.39, 0.29) is 28.6 Å². The van der Waals surface area contributed by atoms with Gasteiger partial charge >= 0.3 is 5.97 Å². The lowest BCUT2D eigenvalue weighted by atomic mass is 10.0. The van der Waals surface area contributed by atoms with Crippen LogP contribution in [-0.2, 0) is 11.3 Å². The number of hydrogen-bond acceptors (Lipinski definition) is 6. The first-order valence-electron chi connectivity index (χ1n) is 10.5. The Kier molecular flexibility index (Phi) is 6.43. The number of carbonyl (C=O) groups is 3. The van der Waals surface area contributed by atoms with Crippen LogP contribution in [-0.4, -0.2) is 38.4 Å². The second-order valence-electron chi connectivity index (χ2n) is 8.37. The fourth-order valence-electron chi connectivity index (χ4n) is 3.85. The molecule has 8 heteroatoms. The summed E-state index contributed by atoms with van der Waals surface area (Å²) in [5.74, 6) is -1.26. The zero-order chi connectivity index (χ0) is 23.7. The Morgan fingerprint density at radius 2 is 1.72 bits per heavy atom. The number of hydrogen-bond donors (Lipinski definition) is 1. The Bertz CT molecular complexity index is 1280. The fourth-order valence-corrected chi connectivity index (χ4v) is 3.85. The number of nitrogens with zero attached hydrogens (tertiary/aromatic N) is 2. The van der Waals surface area contributed by atoms with E-state index in [1.807, 2.05) is 13.8 Å². The number of H-pyrrole nitrogens is 1. The maximum absolute atomic E-state index is 13.0. The van der Waals surface area contributed by atoms with Gasteiger partial charge in [0, 0.05) is 23.2 Å². The van der Waals surface area contributed by atoms with Gasteiger partial charge in [0.05, 0.1) is 11.1 Å². The van der Waals surface area contributed by atoms with Crippen molar-refractivity contribution in [2.24, 2.45) is 5.92 Å². The first-order chi connectivity index (χ1) is 15.0. The third-order valence-electron chi connectivity index (χ3n) is 5.29. The van der Waals surface area contributed by atoms with E-state index in [9.17, 15) is 19.2 Å². The number of ether oxygens (including phenoxy) is 1. The van der Waals surface area contributed by atoms with Gasteiger partial charge in [0.25, 0.3) is 5.56 Å².